The van der Waals surface area contributed by atoms with Gasteiger partial charge < -0.3 is 5.11 Å². The molecule has 0 aliphatic carbocycles. The second kappa shape index (κ2) is 4.93. The molecule has 1 unspecified atom stereocenters. The second-order valence-corrected chi connectivity index (χ2v) is 6.08. The van der Waals surface area contributed by atoms with Gasteiger partial charge in [0.25, 0.3) is 0 Å². The summed E-state index contributed by atoms with van der Waals surface area (Å²) in [5.74, 6) is 0.0647. The van der Waals surface area contributed by atoms with Gasteiger partial charge >= 0.3 is 0 Å². The molecule has 0 fully saturated rings. The van der Waals surface area contributed by atoms with Gasteiger partial charge in [-0.15, -0.1) is 0 Å². The number of hydrogen-bond acceptors (Lipinski definition) is 3. The van der Waals surface area contributed by atoms with E-state index in [1.165, 1.54) is 0 Å². The zero-order valence-corrected chi connectivity index (χ0v) is 9.43. The molecule has 4 nitrogen and oxygen atoms in total. The summed E-state index contributed by atoms with van der Waals surface area (Å²) >= 11 is 0. The average molecular weight is 209 g/mol. The topological polar surface area (TPSA) is 66.4 Å². The largest absolute Gasteiger partial charge is 0.391 e. The van der Waals surface area contributed by atoms with Crippen molar-refractivity contribution in [1.29, 1.82) is 0 Å². The van der Waals surface area contributed by atoms with Crippen molar-refractivity contribution in [3.63, 3.8) is 0 Å². The summed E-state index contributed by atoms with van der Waals surface area (Å²) in [5, 5.41) is 8.89. The van der Waals surface area contributed by atoms with E-state index in [9.17, 15) is 13.5 Å². The first kappa shape index (κ1) is 12.9. The fraction of sp³-hybridized carbons (Fsp3) is 1.00. The van der Waals surface area contributed by atoms with Crippen LogP contribution in [0.25, 0.3) is 0 Å². The summed E-state index contributed by atoms with van der Waals surface area (Å²) in [5.41, 5.74) is 0. The number of sulfonamides is 1. The molecular weight excluding hydrogens is 190 g/mol. The summed E-state index contributed by atoms with van der Waals surface area (Å²) in [4.78, 5) is 0. The van der Waals surface area contributed by atoms with Gasteiger partial charge in [-0.2, -0.15) is 0 Å². The lowest BCUT2D eigenvalue weighted by Gasteiger charge is -2.16. The van der Waals surface area contributed by atoms with Crippen molar-refractivity contribution < 1.29 is 13.5 Å². The molecule has 5 heteroatoms. The molecular formula is C8H19NO3S. The van der Waals surface area contributed by atoms with E-state index in [1.54, 1.807) is 13.8 Å². The maximum Gasteiger partial charge on any atom is 0.214 e. The summed E-state index contributed by atoms with van der Waals surface area (Å²) in [7, 11) is -3.24. The molecule has 1 atom stereocenters. The van der Waals surface area contributed by atoms with Gasteiger partial charge in [-0.3, -0.25) is 0 Å². The highest BCUT2D eigenvalue weighted by molar-refractivity contribution is 7.90. The van der Waals surface area contributed by atoms with Crippen molar-refractivity contribution >= 4 is 10.0 Å². The molecule has 13 heavy (non-hydrogen) atoms. The molecule has 0 aromatic rings. The Balaban J connectivity index is 4.04. The first-order valence-electron chi connectivity index (χ1n) is 4.44. The van der Waals surface area contributed by atoms with Crippen LogP contribution in [0.1, 0.15) is 27.7 Å². The minimum Gasteiger partial charge on any atom is -0.391 e. The van der Waals surface area contributed by atoms with Crippen LogP contribution in [0, 0.1) is 5.92 Å². The van der Waals surface area contributed by atoms with Crippen LogP contribution in [-0.2, 0) is 10.0 Å². The third-order valence-corrected chi connectivity index (χ3v) is 3.69. The predicted octanol–water partition coefficient (Wildman–Crippen LogP) is 0.331. The smallest absolute Gasteiger partial charge is 0.214 e. The van der Waals surface area contributed by atoms with Crippen molar-refractivity contribution in [2.75, 3.05) is 6.54 Å². The molecule has 0 saturated heterocycles. The Morgan fingerprint density at radius 2 is 1.69 bits per heavy atom. The predicted molar refractivity (Wildman–Crippen MR) is 52.9 cm³/mol. The SMILES string of the molecule is CC(C)C(O)CNS(=O)(=O)C(C)C. The first-order chi connectivity index (χ1) is 5.77. The lowest BCUT2D eigenvalue weighted by atomic mass is 10.1. The van der Waals surface area contributed by atoms with Crippen molar-refractivity contribution in [3.05, 3.63) is 0 Å². The van der Waals surface area contributed by atoms with Crippen LogP contribution in [0.2, 0.25) is 0 Å². The van der Waals surface area contributed by atoms with Gasteiger partial charge in [0.2, 0.25) is 10.0 Å². The van der Waals surface area contributed by atoms with E-state index in [-0.39, 0.29) is 12.5 Å². The van der Waals surface area contributed by atoms with Crippen molar-refractivity contribution in [2.45, 2.75) is 39.0 Å². The molecule has 0 aliphatic rings. The van der Waals surface area contributed by atoms with Crippen molar-refractivity contribution in [2.24, 2.45) is 5.92 Å². The molecule has 0 amide bonds. The van der Waals surface area contributed by atoms with Crippen molar-refractivity contribution in [1.82, 2.24) is 4.72 Å². The highest BCUT2D eigenvalue weighted by Gasteiger charge is 2.18. The quantitative estimate of drug-likeness (QED) is 0.686. The summed E-state index contributed by atoms with van der Waals surface area (Å²) in [6, 6.07) is 0. The number of nitrogens with one attached hydrogen (secondary N) is 1. The second-order valence-electron chi connectivity index (χ2n) is 3.75. The Labute approximate surface area is 80.4 Å². The normalized spacial score (nSPS) is 15.3. The molecule has 0 aromatic heterocycles. The van der Waals surface area contributed by atoms with E-state index in [0.717, 1.165) is 0 Å². The highest BCUT2D eigenvalue weighted by Crippen LogP contribution is 2.01. The van der Waals surface area contributed by atoms with E-state index in [1.807, 2.05) is 13.8 Å². The third-order valence-electron chi connectivity index (χ3n) is 1.88. The zero-order valence-electron chi connectivity index (χ0n) is 8.61. The van der Waals surface area contributed by atoms with Gasteiger partial charge in [-0.05, 0) is 19.8 Å². The van der Waals surface area contributed by atoms with Gasteiger partial charge in [-0.1, -0.05) is 13.8 Å². The average Bonchev–Trinajstić information content (AvgIpc) is 1.99. The molecule has 0 saturated carbocycles. The molecule has 2 N–H and O–H groups in total. The lowest BCUT2D eigenvalue weighted by Crippen LogP contribution is -2.38. The Kier molecular flexibility index (Phi) is 4.88. The molecule has 0 rings (SSSR count). The molecule has 0 aliphatic heterocycles. The fourth-order valence-electron chi connectivity index (χ4n) is 0.604. The fourth-order valence-corrected chi connectivity index (χ4v) is 1.34. The van der Waals surface area contributed by atoms with Crippen LogP contribution in [0.5, 0.6) is 0 Å². The maximum absolute atomic E-state index is 11.2. The zero-order chi connectivity index (χ0) is 10.6. The van der Waals surface area contributed by atoms with Gasteiger partial charge in [0.15, 0.2) is 0 Å². The third kappa shape index (κ3) is 4.59. The maximum atomic E-state index is 11.2. The monoisotopic (exact) mass is 209 g/mol. The van der Waals surface area contributed by atoms with E-state index in [0.29, 0.717) is 0 Å². The minimum absolute atomic E-state index is 0.0647. The molecule has 80 valence electrons. The van der Waals surface area contributed by atoms with E-state index >= 15 is 0 Å². The molecule has 0 bridgehead atoms. The Hall–Kier alpha value is -0.130. The van der Waals surface area contributed by atoms with E-state index < -0.39 is 21.4 Å². The van der Waals surface area contributed by atoms with Gasteiger partial charge in [-0.25, -0.2) is 13.1 Å². The lowest BCUT2D eigenvalue weighted by molar-refractivity contribution is 0.129. The van der Waals surface area contributed by atoms with Crippen LogP contribution >= 0.6 is 0 Å². The molecule has 0 radical (unpaired) electrons. The first-order valence-corrected chi connectivity index (χ1v) is 5.98. The Bertz CT molecular complexity index is 234. The van der Waals surface area contributed by atoms with Crippen LogP contribution in [-0.4, -0.2) is 31.4 Å². The Morgan fingerprint density at radius 3 is 2.00 bits per heavy atom. The summed E-state index contributed by atoms with van der Waals surface area (Å²) in [6.07, 6.45) is -0.617. The van der Waals surface area contributed by atoms with Crippen molar-refractivity contribution in [3.8, 4) is 0 Å². The van der Waals surface area contributed by atoms with Gasteiger partial charge in [0, 0.05) is 6.54 Å². The summed E-state index contributed by atoms with van der Waals surface area (Å²) in [6.45, 7) is 6.98. The van der Waals surface area contributed by atoms with Gasteiger partial charge in [0.05, 0.1) is 11.4 Å². The number of aliphatic hydroxyl groups is 1. The molecule has 0 heterocycles. The van der Waals surface area contributed by atoms with Gasteiger partial charge in [0.1, 0.15) is 0 Å². The molecule has 0 spiro atoms. The van der Waals surface area contributed by atoms with E-state index in [4.69, 9.17) is 0 Å². The van der Waals surface area contributed by atoms with Crippen LogP contribution < -0.4 is 4.72 Å². The number of aliphatic hydroxyl groups excluding tert-OH is 1. The van der Waals surface area contributed by atoms with Crippen LogP contribution in [0.15, 0.2) is 0 Å². The standard InChI is InChI=1S/C8H19NO3S/c1-6(2)8(10)5-9-13(11,12)7(3)4/h6-10H,5H2,1-4H3. The number of hydrogen-bond donors (Lipinski definition) is 2. The Morgan fingerprint density at radius 1 is 1.23 bits per heavy atom. The molecule has 0 aromatic carbocycles. The van der Waals surface area contributed by atoms with Crippen LogP contribution in [0.3, 0.4) is 0 Å². The van der Waals surface area contributed by atoms with E-state index in [2.05, 4.69) is 4.72 Å². The number of rotatable bonds is 5. The summed E-state index contributed by atoms with van der Waals surface area (Å²) < 4.78 is 24.8. The minimum atomic E-state index is -3.24. The van der Waals surface area contributed by atoms with Crippen LogP contribution in [0.4, 0.5) is 0 Å². The highest BCUT2D eigenvalue weighted by atomic mass is 32.2.